The minimum atomic E-state index is -4.16. The number of hydrogen-bond acceptors (Lipinski definition) is 12. The fourth-order valence-corrected chi connectivity index (χ4v) is 8.80. The van der Waals surface area contributed by atoms with E-state index in [2.05, 4.69) is 40.6 Å². The van der Waals surface area contributed by atoms with Gasteiger partial charge >= 0.3 is 16.2 Å². The van der Waals surface area contributed by atoms with Gasteiger partial charge in [0.25, 0.3) is 0 Å². The molecule has 3 saturated heterocycles. The Kier molecular flexibility index (Phi) is 12.4. The van der Waals surface area contributed by atoms with Crippen LogP contribution in [0.15, 0.2) is 61.2 Å². The van der Waals surface area contributed by atoms with Gasteiger partial charge in [0, 0.05) is 118 Å². The van der Waals surface area contributed by atoms with E-state index < -0.39 is 56.6 Å². The predicted octanol–water partition coefficient (Wildman–Crippen LogP) is 3.99. The number of carbonyl (C=O) groups is 4. The second-order valence-electron chi connectivity index (χ2n) is 15.7. The maximum Gasteiger partial charge on any atom is 0.317 e. The van der Waals surface area contributed by atoms with Gasteiger partial charge in [0.1, 0.15) is 23.3 Å². The molecule has 1 atom stereocenters. The molecule has 3 fully saturated rings. The average molecular weight is 903 g/mol. The van der Waals surface area contributed by atoms with E-state index in [1.54, 1.807) is 42.4 Å². The minimum absolute atomic E-state index is 0.0849. The van der Waals surface area contributed by atoms with Crippen molar-refractivity contribution >= 4 is 67.9 Å². The van der Waals surface area contributed by atoms with Crippen molar-refractivity contribution in [2.24, 2.45) is 0 Å². The van der Waals surface area contributed by atoms with E-state index in [4.69, 9.17) is 0 Å². The Bertz CT molecular complexity index is 2720. The van der Waals surface area contributed by atoms with Crippen LogP contribution >= 0.6 is 0 Å². The lowest BCUT2D eigenvalue weighted by Gasteiger charge is -2.37. The number of nitrogens with zero attached hydrogens (tertiary/aromatic N) is 7. The summed E-state index contributed by atoms with van der Waals surface area (Å²) in [6, 6.07) is 7.19. The van der Waals surface area contributed by atoms with E-state index in [9.17, 15) is 27.6 Å². The van der Waals surface area contributed by atoms with Crippen molar-refractivity contribution in [3.05, 3.63) is 89.8 Å². The number of hydrogen-bond donors (Lipinski definition) is 5. The number of aromatic amines is 1. The number of piperazine rings is 1. The lowest BCUT2D eigenvalue weighted by molar-refractivity contribution is -0.133. The fourth-order valence-electron chi connectivity index (χ4n) is 7.87. The van der Waals surface area contributed by atoms with E-state index in [0.29, 0.717) is 87.0 Å². The largest absolute Gasteiger partial charge is 0.374 e. The number of pyridine rings is 1. The van der Waals surface area contributed by atoms with Gasteiger partial charge in [0.2, 0.25) is 23.5 Å². The summed E-state index contributed by atoms with van der Waals surface area (Å²) >= 11 is 0. The van der Waals surface area contributed by atoms with Gasteiger partial charge < -0.3 is 30.3 Å². The molecular formula is C42H45F3N12O6S. The smallest absolute Gasteiger partial charge is 0.317 e. The normalized spacial score (nSPS) is 17.5. The topological polar surface area (TPSA) is 218 Å². The third-order valence-corrected chi connectivity index (χ3v) is 13.3. The molecule has 6 heterocycles. The number of aromatic nitrogens is 4. The summed E-state index contributed by atoms with van der Waals surface area (Å²) in [5.41, 5.74) is 0.638. The van der Waals surface area contributed by atoms with Crippen LogP contribution in [0.2, 0.25) is 0 Å². The second kappa shape index (κ2) is 18.1. The highest BCUT2D eigenvalue weighted by molar-refractivity contribution is 7.90. The number of anilines is 4. The molecular weight excluding hydrogens is 858 g/mol. The highest BCUT2D eigenvalue weighted by Gasteiger charge is 2.30. The van der Waals surface area contributed by atoms with E-state index in [-0.39, 0.29) is 47.5 Å². The summed E-state index contributed by atoms with van der Waals surface area (Å²) in [6.45, 7) is 4.56. The molecule has 3 aliphatic heterocycles. The first-order valence-electron chi connectivity index (χ1n) is 20.7. The predicted molar refractivity (Wildman–Crippen MR) is 232 cm³/mol. The SMILES string of the molecule is CCN(C)S(=O)(=O)Nc1ccc(F)c(C(=O)c2c[nH]c3ncc(-c4cnc(N5CCN(C(=O)NC6CCN(c7ccc(NC8CCC(=O)NC8=O)cc7F)CC6)CC5)nc4)cc23)c1F. The molecule has 0 radical (unpaired) electrons. The van der Waals surface area contributed by atoms with Crippen LogP contribution in [0.5, 0.6) is 0 Å². The second-order valence-corrected chi connectivity index (χ2v) is 17.5. The van der Waals surface area contributed by atoms with Crippen LogP contribution in [0.1, 0.15) is 48.5 Å². The quantitative estimate of drug-likeness (QED) is 0.0888. The molecule has 5 aromatic rings. The van der Waals surface area contributed by atoms with Crippen LogP contribution in [-0.2, 0) is 19.8 Å². The van der Waals surface area contributed by atoms with Crippen LogP contribution in [0.4, 0.5) is 41.0 Å². The summed E-state index contributed by atoms with van der Waals surface area (Å²) in [5.74, 6) is -4.29. The molecule has 336 valence electrons. The summed E-state index contributed by atoms with van der Waals surface area (Å²) in [5, 5.41) is 8.67. The lowest BCUT2D eigenvalue weighted by atomic mass is 10.0. The Labute approximate surface area is 365 Å². The summed E-state index contributed by atoms with van der Waals surface area (Å²) < 4.78 is 73.9. The number of carbonyl (C=O) groups excluding carboxylic acids is 4. The molecule has 1 unspecified atom stereocenters. The third kappa shape index (κ3) is 9.14. The number of rotatable bonds is 12. The monoisotopic (exact) mass is 902 g/mol. The van der Waals surface area contributed by atoms with Gasteiger partial charge in [0.05, 0.1) is 16.9 Å². The number of H-pyrrole nitrogens is 1. The van der Waals surface area contributed by atoms with E-state index in [0.717, 1.165) is 16.4 Å². The zero-order valence-electron chi connectivity index (χ0n) is 34.8. The molecule has 4 amide bonds. The van der Waals surface area contributed by atoms with Crippen LogP contribution < -0.4 is 30.5 Å². The molecule has 2 aromatic carbocycles. The zero-order chi connectivity index (χ0) is 45.3. The first kappa shape index (κ1) is 43.8. The fraction of sp³-hybridized carbons (Fsp3) is 0.357. The Balaban J connectivity index is 0.839. The van der Waals surface area contributed by atoms with Crippen molar-refractivity contribution in [1.29, 1.82) is 0 Å². The maximum absolute atomic E-state index is 15.6. The van der Waals surface area contributed by atoms with Gasteiger partial charge in [-0.05, 0) is 55.7 Å². The molecule has 18 nitrogen and oxygen atoms in total. The van der Waals surface area contributed by atoms with Crippen molar-refractivity contribution in [2.75, 3.05) is 72.7 Å². The van der Waals surface area contributed by atoms with Crippen molar-refractivity contribution in [3.8, 4) is 11.1 Å². The Morgan fingerprint density at radius 3 is 2.28 bits per heavy atom. The van der Waals surface area contributed by atoms with Crippen LogP contribution in [0, 0.1) is 17.5 Å². The van der Waals surface area contributed by atoms with Gasteiger partial charge in [-0.1, -0.05) is 6.92 Å². The number of imide groups is 1. The summed E-state index contributed by atoms with van der Waals surface area (Å²) in [6.07, 6.45) is 7.80. The van der Waals surface area contributed by atoms with Gasteiger partial charge in [-0.2, -0.15) is 12.7 Å². The maximum atomic E-state index is 15.6. The Morgan fingerprint density at radius 1 is 0.875 bits per heavy atom. The third-order valence-electron chi connectivity index (χ3n) is 11.7. The number of amides is 4. The standard InChI is InChI=1S/C42H45F3N12O6S/c1-3-54(2)64(62,63)53-32-6-5-30(43)36(37(32)45)38(59)29-23-47-39-28(29)18-24(20-46-39)25-21-48-41(49-22-25)56-14-16-57(17-15-56)42(61)51-26-10-12-55(13-11-26)34-8-4-27(19-31(34)44)50-33-7-9-35(58)52-40(33)60/h4-6,8,18-23,26,33,50,53H,3,7,9-17H2,1-2H3,(H,46,47)(H,51,61)(H,52,58,60). The molecule has 0 saturated carbocycles. The van der Waals surface area contributed by atoms with Gasteiger partial charge in [0.15, 0.2) is 5.82 Å². The molecule has 0 aliphatic carbocycles. The van der Waals surface area contributed by atoms with Gasteiger partial charge in [-0.25, -0.2) is 32.9 Å². The summed E-state index contributed by atoms with van der Waals surface area (Å²) in [7, 11) is -2.88. The summed E-state index contributed by atoms with van der Waals surface area (Å²) in [4.78, 5) is 72.3. The van der Waals surface area contributed by atoms with Gasteiger partial charge in [-0.15, -0.1) is 0 Å². The highest BCUT2D eigenvalue weighted by Crippen LogP contribution is 2.31. The number of urea groups is 1. The number of piperidine rings is 2. The van der Waals surface area contributed by atoms with Crippen molar-refractivity contribution in [2.45, 2.75) is 44.7 Å². The first-order valence-corrected chi connectivity index (χ1v) is 22.1. The van der Waals surface area contributed by atoms with Crippen LogP contribution in [0.25, 0.3) is 22.2 Å². The van der Waals surface area contributed by atoms with E-state index in [1.165, 1.54) is 25.5 Å². The van der Waals surface area contributed by atoms with Crippen LogP contribution in [-0.4, -0.2) is 126 Å². The van der Waals surface area contributed by atoms with Crippen molar-refractivity contribution < 1.29 is 40.8 Å². The van der Waals surface area contributed by atoms with Crippen LogP contribution in [0.3, 0.4) is 0 Å². The van der Waals surface area contributed by atoms with Crippen molar-refractivity contribution in [1.82, 2.24) is 39.8 Å². The number of fused-ring (bicyclic) bond motifs is 1. The lowest BCUT2D eigenvalue weighted by Crippen LogP contribution is -2.55. The molecule has 3 aromatic heterocycles. The zero-order valence-corrected chi connectivity index (χ0v) is 35.6. The minimum Gasteiger partial charge on any atom is -0.374 e. The number of halogens is 3. The van der Waals surface area contributed by atoms with E-state index in [1.807, 2.05) is 9.80 Å². The molecule has 64 heavy (non-hydrogen) atoms. The average Bonchev–Trinajstić information content (AvgIpc) is 3.72. The first-order chi connectivity index (χ1) is 30.7. The molecule has 0 spiro atoms. The molecule has 0 bridgehead atoms. The van der Waals surface area contributed by atoms with Crippen molar-refractivity contribution in [3.63, 3.8) is 0 Å². The number of nitrogens with one attached hydrogen (secondary N) is 5. The molecule has 22 heteroatoms. The van der Waals surface area contributed by atoms with E-state index >= 15 is 13.2 Å². The number of ketones is 1. The molecule has 5 N–H and O–H groups in total. The highest BCUT2D eigenvalue weighted by atomic mass is 32.2. The Morgan fingerprint density at radius 2 is 1.59 bits per heavy atom. The molecule has 8 rings (SSSR count). The van der Waals surface area contributed by atoms with Gasteiger partial charge in [-0.3, -0.25) is 24.4 Å². The molecule has 3 aliphatic rings. The number of benzene rings is 2. The Hall–Kier alpha value is -6.81.